The number of rotatable bonds is 11. The van der Waals surface area contributed by atoms with Crippen molar-refractivity contribution in [3.63, 3.8) is 0 Å². The van der Waals surface area contributed by atoms with E-state index in [1.165, 1.54) is 58.0 Å². The number of piperazine rings is 1. The minimum absolute atomic E-state index is 0.210. The second-order valence-electron chi connectivity index (χ2n) is 7.73. The molecule has 0 aromatic carbocycles. The summed E-state index contributed by atoms with van der Waals surface area (Å²) in [5, 5.41) is 0. The van der Waals surface area contributed by atoms with Crippen LogP contribution in [-0.4, -0.2) is 54.9 Å². The molecule has 0 saturated carbocycles. The number of carbonyl (C=O) groups is 1. The number of carbonyl (C=O) groups excluding carboxylic acids is 1. The molecule has 1 aliphatic rings. The van der Waals surface area contributed by atoms with Crippen molar-refractivity contribution >= 4 is 6.29 Å². The first-order chi connectivity index (χ1) is 10.5. The molecule has 1 heterocycles. The normalized spacial score (nSPS) is 21.2. The molecule has 1 aliphatic heterocycles. The fraction of sp³-hybridized carbons (Fsp3) is 0.947. The fourth-order valence-corrected chi connectivity index (χ4v) is 3.48. The van der Waals surface area contributed by atoms with Gasteiger partial charge in [-0.15, -0.1) is 0 Å². The van der Waals surface area contributed by atoms with E-state index in [4.69, 9.17) is 0 Å². The maximum Gasteiger partial charge on any atom is 0.126 e. The third-order valence-electron chi connectivity index (χ3n) is 4.83. The lowest BCUT2D eigenvalue weighted by Gasteiger charge is -2.43. The number of hydrogen-bond acceptors (Lipinski definition) is 3. The van der Waals surface area contributed by atoms with Crippen molar-refractivity contribution in [3.05, 3.63) is 0 Å². The topological polar surface area (TPSA) is 23.6 Å². The smallest absolute Gasteiger partial charge is 0.126 e. The molecule has 1 atom stereocenters. The molecular formula is C19H38N2O. The number of aldehydes is 1. The summed E-state index contributed by atoms with van der Waals surface area (Å²) in [5.41, 5.74) is -0.210. The Morgan fingerprint density at radius 1 is 1.05 bits per heavy atom. The Hall–Kier alpha value is -0.410. The van der Waals surface area contributed by atoms with Crippen molar-refractivity contribution in [1.82, 2.24) is 9.80 Å². The highest BCUT2D eigenvalue weighted by Crippen LogP contribution is 2.21. The van der Waals surface area contributed by atoms with Crippen LogP contribution in [0.1, 0.15) is 72.6 Å². The molecular weight excluding hydrogens is 272 g/mol. The van der Waals surface area contributed by atoms with Gasteiger partial charge in [0.25, 0.3) is 0 Å². The van der Waals surface area contributed by atoms with Gasteiger partial charge >= 0.3 is 0 Å². The zero-order valence-corrected chi connectivity index (χ0v) is 15.4. The molecule has 130 valence electrons. The summed E-state index contributed by atoms with van der Waals surface area (Å²) in [6.07, 6.45) is 10.4. The van der Waals surface area contributed by atoms with Gasteiger partial charge in [0, 0.05) is 37.6 Å². The molecule has 0 bridgehead atoms. The Morgan fingerprint density at radius 2 is 1.73 bits per heavy atom. The largest absolute Gasteiger partial charge is 0.303 e. The van der Waals surface area contributed by atoms with E-state index in [1.807, 2.05) is 0 Å². The zero-order valence-electron chi connectivity index (χ0n) is 15.4. The highest BCUT2D eigenvalue weighted by atomic mass is 16.1. The monoisotopic (exact) mass is 310 g/mol. The summed E-state index contributed by atoms with van der Waals surface area (Å²) in [6, 6.07) is 0.694. The third kappa shape index (κ3) is 7.23. The van der Waals surface area contributed by atoms with Crippen LogP contribution in [0.5, 0.6) is 0 Å². The first kappa shape index (κ1) is 19.6. The van der Waals surface area contributed by atoms with Crippen LogP contribution < -0.4 is 0 Å². The van der Waals surface area contributed by atoms with Gasteiger partial charge in [0.1, 0.15) is 6.29 Å². The van der Waals surface area contributed by atoms with Gasteiger partial charge in [-0.1, -0.05) is 59.8 Å². The van der Waals surface area contributed by atoms with Crippen molar-refractivity contribution in [2.24, 2.45) is 5.41 Å². The SMILES string of the molecule is CCCCC[C@@H]1CN(CC(C)(C)C=O)CCN1CCCCC. The Kier molecular flexibility index (Phi) is 9.27. The Morgan fingerprint density at radius 3 is 2.36 bits per heavy atom. The van der Waals surface area contributed by atoms with E-state index >= 15 is 0 Å². The molecule has 3 nitrogen and oxygen atoms in total. The van der Waals surface area contributed by atoms with Crippen molar-refractivity contribution in [1.29, 1.82) is 0 Å². The van der Waals surface area contributed by atoms with E-state index in [0.717, 1.165) is 25.9 Å². The lowest BCUT2D eigenvalue weighted by atomic mass is 9.93. The maximum atomic E-state index is 11.2. The molecule has 0 aromatic rings. The van der Waals surface area contributed by atoms with E-state index < -0.39 is 0 Å². The number of nitrogens with zero attached hydrogens (tertiary/aromatic N) is 2. The molecule has 1 saturated heterocycles. The average molecular weight is 311 g/mol. The summed E-state index contributed by atoms with van der Waals surface area (Å²) in [6.45, 7) is 14.3. The van der Waals surface area contributed by atoms with E-state index in [9.17, 15) is 4.79 Å². The first-order valence-electron chi connectivity index (χ1n) is 9.45. The minimum atomic E-state index is -0.210. The van der Waals surface area contributed by atoms with Crippen molar-refractivity contribution in [2.75, 3.05) is 32.7 Å². The molecule has 22 heavy (non-hydrogen) atoms. The summed E-state index contributed by atoms with van der Waals surface area (Å²) < 4.78 is 0. The quantitative estimate of drug-likeness (QED) is 0.426. The van der Waals surface area contributed by atoms with E-state index in [-0.39, 0.29) is 5.41 Å². The van der Waals surface area contributed by atoms with Crippen LogP contribution in [0.4, 0.5) is 0 Å². The van der Waals surface area contributed by atoms with Gasteiger partial charge in [0.2, 0.25) is 0 Å². The Bertz CT molecular complexity index is 304. The predicted octanol–water partition coefficient (Wildman–Crippen LogP) is 3.97. The molecule has 0 radical (unpaired) electrons. The van der Waals surface area contributed by atoms with E-state index in [2.05, 4.69) is 37.5 Å². The van der Waals surface area contributed by atoms with Gasteiger partial charge < -0.3 is 4.79 Å². The molecule has 3 heteroatoms. The number of hydrogen-bond donors (Lipinski definition) is 0. The summed E-state index contributed by atoms with van der Waals surface area (Å²) in [7, 11) is 0. The van der Waals surface area contributed by atoms with Crippen molar-refractivity contribution in [3.8, 4) is 0 Å². The first-order valence-corrected chi connectivity index (χ1v) is 9.45. The molecule has 0 aliphatic carbocycles. The second-order valence-corrected chi connectivity index (χ2v) is 7.73. The van der Waals surface area contributed by atoms with Crippen LogP contribution in [-0.2, 0) is 4.79 Å². The van der Waals surface area contributed by atoms with Gasteiger partial charge in [-0.05, 0) is 19.4 Å². The van der Waals surface area contributed by atoms with E-state index in [0.29, 0.717) is 6.04 Å². The molecule has 0 N–H and O–H groups in total. The fourth-order valence-electron chi connectivity index (χ4n) is 3.48. The molecule has 1 fully saturated rings. The average Bonchev–Trinajstić information content (AvgIpc) is 2.49. The van der Waals surface area contributed by atoms with Crippen LogP contribution in [0.2, 0.25) is 0 Å². The third-order valence-corrected chi connectivity index (χ3v) is 4.83. The lowest BCUT2D eigenvalue weighted by Crippen LogP contribution is -2.55. The van der Waals surface area contributed by atoms with Gasteiger partial charge in [0.15, 0.2) is 0 Å². The molecule has 0 amide bonds. The predicted molar refractivity (Wildman–Crippen MR) is 95.3 cm³/mol. The van der Waals surface area contributed by atoms with Gasteiger partial charge in [-0.2, -0.15) is 0 Å². The summed E-state index contributed by atoms with van der Waals surface area (Å²) in [4.78, 5) is 16.4. The zero-order chi connectivity index (χ0) is 16.4. The molecule has 0 spiro atoms. The molecule has 0 aromatic heterocycles. The van der Waals surface area contributed by atoms with Crippen molar-refractivity contribution < 1.29 is 4.79 Å². The Labute approximate surface area is 138 Å². The van der Waals surface area contributed by atoms with Gasteiger partial charge in [-0.25, -0.2) is 0 Å². The van der Waals surface area contributed by atoms with Gasteiger partial charge in [-0.3, -0.25) is 9.80 Å². The van der Waals surface area contributed by atoms with Gasteiger partial charge in [0.05, 0.1) is 0 Å². The molecule has 1 rings (SSSR count). The van der Waals surface area contributed by atoms with Crippen LogP contribution >= 0.6 is 0 Å². The van der Waals surface area contributed by atoms with Crippen LogP contribution in [0.25, 0.3) is 0 Å². The summed E-state index contributed by atoms with van der Waals surface area (Å²) >= 11 is 0. The Balaban J connectivity index is 2.52. The number of unbranched alkanes of at least 4 members (excludes halogenated alkanes) is 4. The minimum Gasteiger partial charge on any atom is -0.303 e. The molecule has 0 unspecified atom stereocenters. The van der Waals surface area contributed by atoms with Crippen LogP contribution in [0.15, 0.2) is 0 Å². The second kappa shape index (κ2) is 10.4. The van der Waals surface area contributed by atoms with Crippen LogP contribution in [0.3, 0.4) is 0 Å². The van der Waals surface area contributed by atoms with Crippen molar-refractivity contribution in [2.45, 2.75) is 78.7 Å². The maximum absolute atomic E-state index is 11.2. The van der Waals surface area contributed by atoms with E-state index in [1.54, 1.807) is 0 Å². The summed E-state index contributed by atoms with van der Waals surface area (Å²) in [5.74, 6) is 0. The highest BCUT2D eigenvalue weighted by Gasteiger charge is 2.29. The highest BCUT2D eigenvalue weighted by molar-refractivity contribution is 5.58. The van der Waals surface area contributed by atoms with Crippen LogP contribution in [0, 0.1) is 5.41 Å². The lowest BCUT2D eigenvalue weighted by molar-refractivity contribution is -0.116. The standard InChI is InChI=1S/C19H38N2O/c1-5-7-9-11-18-15-20(16-19(3,4)17-22)13-14-21(18)12-10-8-6-2/h17-18H,5-16H2,1-4H3/t18-/m1/s1.